The first-order chi connectivity index (χ1) is 10.6. The molecule has 0 radical (unpaired) electrons. The Kier molecular flexibility index (Phi) is 2.63. The Balaban J connectivity index is 2.00. The van der Waals surface area contributed by atoms with E-state index in [1.807, 2.05) is 12.1 Å². The van der Waals surface area contributed by atoms with Gasteiger partial charge in [0.05, 0.1) is 11.3 Å². The number of imidazole rings is 1. The normalized spacial score (nSPS) is 11.4. The molecule has 0 saturated heterocycles. The van der Waals surface area contributed by atoms with Crippen LogP contribution in [0, 0.1) is 12.7 Å². The fourth-order valence-corrected chi connectivity index (χ4v) is 2.56. The summed E-state index contributed by atoms with van der Waals surface area (Å²) in [6, 6.07) is 10.4. The van der Waals surface area contributed by atoms with Crippen molar-refractivity contribution >= 4 is 16.6 Å². The van der Waals surface area contributed by atoms with Gasteiger partial charge in [0.1, 0.15) is 5.58 Å². The van der Waals surface area contributed by atoms with E-state index in [1.165, 1.54) is 6.07 Å². The molecule has 0 spiro atoms. The number of aryl methyl sites for hydroxylation is 1. The summed E-state index contributed by atoms with van der Waals surface area (Å²) in [5.74, 6) is -0.420. The number of pyridine rings is 1. The van der Waals surface area contributed by atoms with Crippen LogP contribution in [0.2, 0.25) is 0 Å². The molecule has 3 heterocycles. The number of nitrogens with zero attached hydrogens (tertiary/aromatic N) is 2. The number of halogens is 1. The lowest BCUT2D eigenvalue weighted by Crippen LogP contribution is -2.02. The molecular weight excluding hydrogens is 283 g/mol. The van der Waals surface area contributed by atoms with E-state index in [1.54, 1.807) is 41.9 Å². The Morgan fingerprint density at radius 3 is 2.86 bits per heavy atom. The van der Waals surface area contributed by atoms with Crippen molar-refractivity contribution in [3.8, 4) is 11.3 Å². The van der Waals surface area contributed by atoms with E-state index >= 15 is 0 Å². The summed E-state index contributed by atoms with van der Waals surface area (Å²) in [4.78, 5) is 16.4. The summed E-state index contributed by atoms with van der Waals surface area (Å²) in [5, 5.41) is 0.797. The van der Waals surface area contributed by atoms with Gasteiger partial charge < -0.3 is 8.82 Å². The van der Waals surface area contributed by atoms with E-state index in [9.17, 15) is 9.18 Å². The zero-order valence-electron chi connectivity index (χ0n) is 11.7. The number of hydrogen-bond acceptors (Lipinski definition) is 3. The summed E-state index contributed by atoms with van der Waals surface area (Å²) in [5.41, 5.74) is 1.71. The van der Waals surface area contributed by atoms with Gasteiger partial charge in [0, 0.05) is 17.8 Å². The highest BCUT2D eigenvalue weighted by molar-refractivity contribution is 5.81. The Labute approximate surface area is 124 Å². The molecule has 0 atom stereocenters. The fraction of sp³-hybridized carbons (Fsp3) is 0.0588. The van der Waals surface area contributed by atoms with E-state index in [0.29, 0.717) is 16.8 Å². The van der Waals surface area contributed by atoms with E-state index in [0.717, 1.165) is 10.9 Å². The van der Waals surface area contributed by atoms with Crippen molar-refractivity contribution in [2.24, 2.45) is 0 Å². The van der Waals surface area contributed by atoms with Crippen molar-refractivity contribution in [1.82, 2.24) is 9.38 Å². The lowest BCUT2D eigenvalue weighted by Gasteiger charge is -1.98. The van der Waals surface area contributed by atoms with Crippen molar-refractivity contribution in [1.29, 1.82) is 0 Å². The highest BCUT2D eigenvalue weighted by Gasteiger charge is 2.13. The molecule has 0 aliphatic rings. The molecule has 0 aliphatic heterocycles. The van der Waals surface area contributed by atoms with E-state index in [4.69, 9.17) is 4.42 Å². The quantitative estimate of drug-likeness (QED) is 0.504. The molecule has 4 aromatic rings. The average Bonchev–Trinajstić information content (AvgIpc) is 2.90. The van der Waals surface area contributed by atoms with E-state index < -0.39 is 11.4 Å². The maximum absolute atomic E-state index is 13.9. The van der Waals surface area contributed by atoms with Gasteiger partial charge in [0.15, 0.2) is 11.5 Å². The molecule has 0 N–H and O–H groups in total. The monoisotopic (exact) mass is 294 g/mol. The minimum atomic E-state index is -0.487. The number of aromatic nitrogens is 2. The molecule has 22 heavy (non-hydrogen) atoms. The third-order valence-electron chi connectivity index (χ3n) is 3.56. The van der Waals surface area contributed by atoms with Crippen molar-refractivity contribution in [3.05, 3.63) is 70.6 Å². The Hall–Kier alpha value is -2.95. The molecule has 108 valence electrons. The van der Waals surface area contributed by atoms with Crippen LogP contribution in [0.1, 0.15) is 5.56 Å². The van der Waals surface area contributed by atoms with Crippen LogP contribution in [0.15, 0.2) is 58.0 Å². The Morgan fingerprint density at radius 2 is 2.00 bits per heavy atom. The SMILES string of the molecule is Cc1cc(F)c2nc(-c3cc4ccccc4oc3=O)cn2c1. The average molecular weight is 294 g/mol. The zero-order valence-corrected chi connectivity index (χ0v) is 11.7. The van der Waals surface area contributed by atoms with Crippen molar-refractivity contribution < 1.29 is 8.81 Å². The van der Waals surface area contributed by atoms with Crippen molar-refractivity contribution in [3.63, 3.8) is 0 Å². The Morgan fingerprint density at radius 1 is 1.18 bits per heavy atom. The second-order valence-corrected chi connectivity index (χ2v) is 5.21. The van der Waals surface area contributed by atoms with Gasteiger partial charge in [-0.15, -0.1) is 0 Å². The molecule has 4 rings (SSSR count). The largest absolute Gasteiger partial charge is 0.422 e. The van der Waals surface area contributed by atoms with Crippen LogP contribution in [0.4, 0.5) is 4.39 Å². The van der Waals surface area contributed by atoms with Gasteiger partial charge >= 0.3 is 5.63 Å². The fourth-order valence-electron chi connectivity index (χ4n) is 2.56. The lowest BCUT2D eigenvalue weighted by atomic mass is 10.1. The van der Waals surface area contributed by atoms with Gasteiger partial charge in [-0.1, -0.05) is 18.2 Å². The summed E-state index contributed by atoms with van der Waals surface area (Å²) < 4.78 is 20.8. The summed E-state index contributed by atoms with van der Waals surface area (Å²) in [7, 11) is 0. The van der Waals surface area contributed by atoms with Crippen molar-refractivity contribution in [2.75, 3.05) is 0 Å². The van der Waals surface area contributed by atoms with Crippen molar-refractivity contribution in [2.45, 2.75) is 6.92 Å². The third-order valence-corrected chi connectivity index (χ3v) is 3.56. The zero-order chi connectivity index (χ0) is 15.3. The van der Waals surface area contributed by atoms with Gasteiger partial charge in [0.25, 0.3) is 0 Å². The van der Waals surface area contributed by atoms with E-state index in [2.05, 4.69) is 4.98 Å². The van der Waals surface area contributed by atoms with Gasteiger partial charge in [-0.2, -0.15) is 0 Å². The Bertz CT molecular complexity index is 1080. The third kappa shape index (κ3) is 1.90. The van der Waals surface area contributed by atoms with E-state index in [-0.39, 0.29) is 5.65 Å². The number of benzene rings is 1. The maximum atomic E-state index is 13.9. The van der Waals surface area contributed by atoms with Crippen LogP contribution < -0.4 is 5.63 Å². The van der Waals surface area contributed by atoms with Crippen LogP contribution >= 0.6 is 0 Å². The predicted octanol–water partition coefficient (Wildman–Crippen LogP) is 3.56. The smallest absolute Gasteiger partial charge is 0.345 e. The van der Waals surface area contributed by atoms with Crippen LogP contribution in [-0.4, -0.2) is 9.38 Å². The first-order valence-electron chi connectivity index (χ1n) is 6.80. The van der Waals surface area contributed by atoms with Crippen LogP contribution in [-0.2, 0) is 0 Å². The molecule has 4 nitrogen and oxygen atoms in total. The molecule has 5 heteroatoms. The summed E-state index contributed by atoms with van der Waals surface area (Å²) >= 11 is 0. The minimum absolute atomic E-state index is 0.188. The second kappa shape index (κ2) is 4.53. The lowest BCUT2D eigenvalue weighted by molar-refractivity contribution is 0.563. The summed E-state index contributed by atoms with van der Waals surface area (Å²) in [6.07, 6.45) is 3.39. The molecule has 0 amide bonds. The molecule has 1 aromatic carbocycles. The number of rotatable bonds is 1. The molecule has 0 saturated carbocycles. The molecular formula is C17H11FN2O2. The minimum Gasteiger partial charge on any atom is -0.422 e. The number of para-hydroxylation sites is 1. The first-order valence-corrected chi connectivity index (χ1v) is 6.80. The second-order valence-electron chi connectivity index (χ2n) is 5.21. The maximum Gasteiger partial charge on any atom is 0.345 e. The molecule has 0 aliphatic carbocycles. The number of hydrogen-bond donors (Lipinski definition) is 0. The van der Waals surface area contributed by atoms with Gasteiger partial charge in [-0.25, -0.2) is 14.2 Å². The highest BCUT2D eigenvalue weighted by Crippen LogP contribution is 2.22. The number of fused-ring (bicyclic) bond motifs is 2. The van der Waals surface area contributed by atoms with Gasteiger partial charge in [-0.05, 0) is 30.7 Å². The molecule has 3 aromatic heterocycles. The van der Waals surface area contributed by atoms with Gasteiger partial charge in [0.2, 0.25) is 0 Å². The predicted molar refractivity (Wildman–Crippen MR) is 81.4 cm³/mol. The van der Waals surface area contributed by atoms with Crippen LogP contribution in [0.25, 0.3) is 27.9 Å². The van der Waals surface area contributed by atoms with Gasteiger partial charge in [-0.3, -0.25) is 0 Å². The first kappa shape index (κ1) is 12.8. The molecule has 0 fully saturated rings. The standard InChI is InChI=1S/C17H11FN2O2/c1-10-6-13(18)16-19-14(9-20(16)8-10)12-7-11-4-2-3-5-15(11)22-17(12)21/h2-9H,1H3. The summed E-state index contributed by atoms with van der Waals surface area (Å²) in [6.45, 7) is 1.80. The topological polar surface area (TPSA) is 47.5 Å². The molecule has 0 bridgehead atoms. The van der Waals surface area contributed by atoms with Crippen LogP contribution in [0.5, 0.6) is 0 Å². The highest BCUT2D eigenvalue weighted by atomic mass is 19.1. The molecule has 0 unspecified atom stereocenters. The van der Waals surface area contributed by atoms with Crippen LogP contribution in [0.3, 0.4) is 0 Å².